The third-order valence-electron chi connectivity index (χ3n) is 5.19. The molecule has 1 N–H and O–H groups in total. The molecule has 0 spiro atoms. The zero-order valence-corrected chi connectivity index (χ0v) is 16.9. The van der Waals surface area contributed by atoms with Crippen molar-refractivity contribution < 1.29 is 14.6 Å². The van der Waals surface area contributed by atoms with E-state index in [1.165, 1.54) is 5.56 Å². The minimum atomic E-state index is -0.789. The molecular weight excluding hydrogens is 376 g/mol. The second-order valence-electron chi connectivity index (χ2n) is 7.54. The SMILES string of the molecule is CC(CC(=O)O)c1ccc(OCc2cnc3c(ccn3Cc3ccccc3)c2)cc1. The van der Waals surface area contributed by atoms with E-state index < -0.39 is 5.97 Å². The Kier molecular flexibility index (Phi) is 5.80. The number of rotatable bonds is 8. The molecule has 5 nitrogen and oxygen atoms in total. The van der Waals surface area contributed by atoms with Gasteiger partial charge >= 0.3 is 5.97 Å². The van der Waals surface area contributed by atoms with Gasteiger partial charge < -0.3 is 14.4 Å². The van der Waals surface area contributed by atoms with Crippen molar-refractivity contribution in [2.75, 3.05) is 0 Å². The highest BCUT2D eigenvalue weighted by Gasteiger charge is 2.10. The highest BCUT2D eigenvalue weighted by molar-refractivity contribution is 5.76. The van der Waals surface area contributed by atoms with Gasteiger partial charge in [-0.15, -0.1) is 0 Å². The molecule has 2 aromatic heterocycles. The molecule has 5 heteroatoms. The molecule has 4 rings (SSSR count). The fourth-order valence-corrected chi connectivity index (χ4v) is 3.55. The number of benzene rings is 2. The summed E-state index contributed by atoms with van der Waals surface area (Å²) in [6.45, 7) is 3.13. The number of carboxylic acids is 1. The minimum absolute atomic E-state index is 0.0249. The summed E-state index contributed by atoms with van der Waals surface area (Å²) in [7, 11) is 0. The molecule has 30 heavy (non-hydrogen) atoms. The van der Waals surface area contributed by atoms with Crippen LogP contribution in [0.15, 0.2) is 79.1 Å². The van der Waals surface area contributed by atoms with Crippen molar-refractivity contribution in [1.29, 1.82) is 0 Å². The number of hydrogen-bond donors (Lipinski definition) is 1. The second kappa shape index (κ2) is 8.82. The first-order valence-corrected chi connectivity index (χ1v) is 10.0. The van der Waals surface area contributed by atoms with E-state index in [9.17, 15) is 4.79 Å². The van der Waals surface area contributed by atoms with Gasteiger partial charge in [0.25, 0.3) is 0 Å². The number of fused-ring (bicyclic) bond motifs is 1. The Bertz CT molecular complexity index is 1130. The van der Waals surface area contributed by atoms with Gasteiger partial charge in [-0.2, -0.15) is 0 Å². The van der Waals surface area contributed by atoms with Crippen molar-refractivity contribution in [1.82, 2.24) is 9.55 Å². The maximum absolute atomic E-state index is 10.9. The minimum Gasteiger partial charge on any atom is -0.489 e. The van der Waals surface area contributed by atoms with Crippen molar-refractivity contribution in [3.8, 4) is 5.75 Å². The maximum atomic E-state index is 10.9. The Morgan fingerprint density at radius 3 is 2.57 bits per heavy atom. The van der Waals surface area contributed by atoms with Gasteiger partial charge in [-0.05, 0) is 41.3 Å². The van der Waals surface area contributed by atoms with Crippen molar-refractivity contribution in [3.05, 3.63) is 95.8 Å². The van der Waals surface area contributed by atoms with Gasteiger partial charge in [0, 0.05) is 29.9 Å². The highest BCUT2D eigenvalue weighted by atomic mass is 16.5. The standard InChI is InChI=1S/C25H24N2O3/c1-18(13-24(28)29)21-7-9-23(10-8-21)30-17-20-14-22-11-12-27(25(22)26-15-20)16-19-5-3-2-4-6-19/h2-12,14-15,18H,13,16-17H2,1H3,(H,28,29). The van der Waals surface area contributed by atoms with Crippen LogP contribution in [0.2, 0.25) is 0 Å². The van der Waals surface area contributed by atoms with Gasteiger partial charge in [0.05, 0.1) is 6.42 Å². The normalized spacial score (nSPS) is 12.0. The average Bonchev–Trinajstić information content (AvgIpc) is 3.15. The lowest BCUT2D eigenvalue weighted by molar-refractivity contribution is -0.137. The van der Waals surface area contributed by atoms with Crippen LogP contribution >= 0.6 is 0 Å². The lowest BCUT2D eigenvalue weighted by Crippen LogP contribution is -2.03. The molecule has 2 aromatic carbocycles. The van der Waals surface area contributed by atoms with E-state index in [1.54, 1.807) is 0 Å². The Hall–Kier alpha value is -3.60. The average molecular weight is 400 g/mol. The van der Waals surface area contributed by atoms with Crippen molar-refractivity contribution in [2.45, 2.75) is 32.4 Å². The van der Waals surface area contributed by atoms with Crippen LogP contribution in [0.4, 0.5) is 0 Å². The van der Waals surface area contributed by atoms with Crippen molar-refractivity contribution >= 4 is 17.0 Å². The fourth-order valence-electron chi connectivity index (χ4n) is 3.55. The quantitative estimate of drug-likeness (QED) is 0.439. The van der Waals surface area contributed by atoms with Crippen molar-refractivity contribution in [3.63, 3.8) is 0 Å². The molecule has 0 saturated heterocycles. The number of ether oxygens (including phenoxy) is 1. The predicted octanol–water partition coefficient (Wildman–Crippen LogP) is 5.24. The lowest BCUT2D eigenvalue weighted by atomic mass is 9.98. The zero-order valence-electron chi connectivity index (χ0n) is 16.9. The highest BCUT2D eigenvalue weighted by Crippen LogP contribution is 2.23. The number of carbonyl (C=O) groups is 1. The molecular formula is C25H24N2O3. The summed E-state index contributed by atoms with van der Waals surface area (Å²) in [5.41, 5.74) is 4.19. The molecule has 0 aliphatic carbocycles. The Morgan fingerprint density at radius 2 is 1.83 bits per heavy atom. The van der Waals surface area contributed by atoms with E-state index >= 15 is 0 Å². The van der Waals surface area contributed by atoms with E-state index in [-0.39, 0.29) is 12.3 Å². The van der Waals surface area contributed by atoms with Gasteiger partial charge in [-0.25, -0.2) is 4.98 Å². The van der Waals surface area contributed by atoms with Gasteiger partial charge in [0.2, 0.25) is 0 Å². The van der Waals surface area contributed by atoms with Crippen LogP contribution in [0.25, 0.3) is 11.0 Å². The second-order valence-corrected chi connectivity index (χ2v) is 7.54. The van der Waals surface area contributed by atoms with E-state index in [0.29, 0.717) is 6.61 Å². The van der Waals surface area contributed by atoms with E-state index in [4.69, 9.17) is 9.84 Å². The summed E-state index contributed by atoms with van der Waals surface area (Å²) in [6.07, 6.45) is 4.04. The molecule has 0 aliphatic rings. The number of aliphatic carboxylic acids is 1. The first kappa shape index (κ1) is 19.7. The molecule has 2 heterocycles. The third kappa shape index (κ3) is 4.69. The summed E-state index contributed by atoms with van der Waals surface area (Å²) < 4.78 is 8.04. The van der Waals surface area contributed by atoms with Gasteiger partial charge in [-0.3, -0.25) is 4.79 Å². The topological polar surface area (TPSA) is 64.3 Å². The monoisotopic (exact) mass is 400 g/mol. The molecule has 4 aromatic rings. The Balaban J connectivity index is 1.40. The van der Waals surface area contributed by atoms with Crippen LogP contribution in [0.5, 0.6) is 5.75 Å². The molecule has 0 saturated carbocycles. The maximum Gasteiger partial charge on any atom is 0.303 e. The van der Waals surface area contributed by atoms with Gasteiger partial charge in [-0.1, -0.05) is 49.4 Å². The van der Waals surface area contributed by atoms with E-state index in [2.05, 4.69) is 40.0 Å². The fraction of sp³-hybridized carbons (Fsp3) is 0.200. The molecule has 0 bridgehead atoms. The number of aromatic nitrogens is 2. The molecule has 0 fully saturated rings. The van der Waals surface area contributed by atoms with Crippen LogP contribution < -0.4 is 4.74 Å². The Morgan fingerprint density at radius 1 is 1.07 bits per heavy atom. The van der Waals surface area contributed by atoms with E-state index in [1.807, 2.05) is 55.6 Å². The summed E-state index contributed by atoms with van der Waals surface area (Å²) in [6, 6.07) is 22.1. The molecule has 0 radical (unpaired) electrons. The number of nitrogens with zero attached hydrogens (tertiary/aromatic N) is 2. The Labute approximate surface area is 175 Å². The summed E-state index contributed by atoms with van der Waals surface area (Å²) in [5, 5.41) is 10.0. The van der Waals surface area contributed by atoms with Gasteiger partial charge in [0.15, 0.2) is 0 Å². The number of carboxylic acid groups (broad SMARTS) is 1. The molecule has 0 aliphatic heterocycles. The summed E-state index contributed by atoms with van der Waals surface area (Å²) in [5.74, 6) is -0.0607. The predicted molar refractivity (Wildman–Crippen MR) is 117 cm³/mol. The van der Waals surface area contributed by atoms with Crippen LogP contribution in [0.1, 0.15) is 36.0 Å². The summed E-state index contributed by atoms with van der Waals surface area (Å²) in [4.78, 5) is 15.5. The van der Waals surface area contributed by atoms with Crippen LogP contribution in [-0.4, -0.2) is 20.6 Å². The molecule has 1 atom stereocenters. The van der Waals surface area contributed by atoms with Crippen LogP contribution in [-0.2, 0) is 17.9 Å². The van der Waals surface area contributed by atoms with Crippen LogP contribution in [0, 0.1) is 0 Å². The molecule has 1 unspecified atom stereocenters. The number of pyridine rings is 1. The van der Waals surface area contributed by atoms with Gasteiger partial charge in [0.1, 0.15) is 18.0 Å². The first-order valence-electron chi connectivity index (χ1n) is 10.0. The lowest BCUT2D eigenvalue weighted by Gasteiger charge is -2.11. The molecule has 152 valence electrons. The number of hydrogen-bond acceptors (Lipinski definition) is 3. The zero-order chi connectivity index (χ0) is 20.9. The van der Waals surface area contributed by atoms with E-state index in [0.717, 1.165) is 34.5 Å². The summed E-state index contributed by atoms with van der Waals surface area (Å²) >= 11 is 0. The third-order valence-corrected chi connectivity index (χ3v) is 5.19. The smallest absolute Gasteiger partial charge is 0.303 e. The first-order chi connectivity index (χ1) is 14.6. The largest absolute Gasteiger partial charge is 0.489 e. The van der Waals surface area contributed by atoms with Crippen molar-refractivity contribution in [2.24, 2.45) is 0 Å². The molecule has 0 amide bonds. The van der Waals surface area contributed by atoms with Crippen LogP contribution in [0.3, 0.4) is 0 Å².